The van der Waals surface area contributed by atoms with Crippen LogP contribution in [0, 0.1) is 0 Å². The second-order valence-corrected chi connectivity index (χ2v) is 8.59. The number of carbonyl (C=O) groups is 1. The van der Waals surface area contributed by atoms with E-state index in [9.17, 15) is 14.7 Å². The Labute approximate surface area is 211 Å². The lowest BCUT2D eigenvalue weighted by Gasteiger charge is -2.13. The van der Waals surface area contributed by atoms with Gasteiger partial charge in [0.25, 0.3) is 0 Å². The third-order valence-electron chi connectivity index (χ3n) is 6.25. The average Bonchev–Trinajstić information content (AvgIpc) is 3.64. The molecule has 0 saturated carbocycles. The minimum absolute atomic E-state index is 0.0418. The zero-order valence-corrected chi connectivity index (χ0v) is 20.4. The molecule has 0 saturated heterocycles. The predicted molar refractivity (Wildman–Crippen MR) is 134 cm³/mol. The van der Waals surface area contributed by atoms with Crippen LogP contribution in [0.15, 0.2) is 59.9 Å². The lowest BCUT2D eigenvalue weighted by molar-refractivity contribution is 0.0696. The maximum Gasteiger partial charge on any atom is 0.341 e. The highest BCUT2D eigenvalue weighted by molar-refractivity contribution is 5.91. The number of aryl methyl sites for hydroxylation is 2. The number of carboxylic acid groups (broad SMARTS) is 1. The van der Waals surface area contributed by atoms with Gasteiger partial charge in [-0.3, -0.25) is 18.8 Å². The minimum atomic E-state index is -1.15. The molecule has 0 fully saturated rings. The summed E-state index contributed by atoms with van der Waals surface area (Å²) in [6.45, 7) is 2.33. The van der Waals surface area contributed by atoms with E-state index in [1.165, 1.54) is 15.4 Å². The smallest absolute Gasteiger partial charge is 0.341 e. The quantitative estimate of drug-likeness (QED) is 0.314. The number of tetrazole rings is 1. The van der Waals surface area contributed by atoms with Crippen LogP contribution in [0.3, 0.4) is 0 Å². The number of hydrogen-bond acceptors (Lipinski definition) is 7. The number of benzene rings is 1. The van der Waals surface area contributed by atoms with Crippen molar-refractivity contribution in [3.63, 3.8) is 0 Å². The Bertz CT molecular complexity index is 1610. The van der Waals surface area contributed by atoms with Gasteiger partial charge < -0.3 is 5.11 Å². The summed E-state index contributed by atoms with van der Waals surface area (Å²) in [5, 5.41) is 28.2. The molecule has 5 aromatic rings. The van der Waals surface area contributed by atoms with E-state index in [1.807, 2.05) is 30.3 Å². The summed E-state index contributed by atoms with van der Waals surface area (Å²) in [4.78, 5) is 29.9. The Hall–Kier alpha value is -4.87. The first-order valence-electron chi connectivity index (χ1n) is 11.8. The van der Waals surface area contributed by atoms with Crippen molar-refractivity contribution in [3.8, 4) is 28.3 Å². The standard InChI is InChI=1S/C25H25N9O3/c1-3-4-7-17-15-34(23-21(24(35)36)13-27-32(23)2)25(37)33(17)14-16-12-26-11-10-18(16)19-8-5-6-9-20(19)22-28-30-31-29-22/h5-6,8-13,15H,3-4,7,14H2,1-2H3,(H,35,36)(H,28,29,30,31). The molecule has 12 nitrogen and oxygen atoms in total. The van der Waals surface area contributed by atoms with Crippen LogP contribution in [0.5, 0.6) is 0 Å². The summed E-state index contributed by atoms with van der Waals surface area (Å²) in [5.74, 6) is -0.476. The van der Waals surface area contributed by atoms with Crippen molar-refractivity contribution < 1.29 is 9.90 Å². The highest BCUT2D eigenvalue weighted by atomic mass is 16.4. The first-order chi connectivity index (χ1) is 18.0. The maximum atomic E-state index is 13.7. The zero-order valence-electron chi connectivity index (χ0n) is 20.4. The number of aromatic nitrogens is 9. The molecule has 4 heterocycles. The van der Waals surface area contributed by atoms with Gasteiger partial charge in [-0.1, -0.05) is 37.6 Å². The van der Waals surface area contributed by atoms with Gasteiger partial charge in [-0.2, -0.15) is 10.3 Å². The van der Waals surface area contributed by atoms with Crippen molar-refractivity contribution in [3.05, 3.63) is 82.4 Å². The summed E-state index contributed by atoms with van der Waals surface area (Å²) in [6.07, 6.45) is 8.89. The molecule has 0 aliphatic heterocycles. The number of unbranched alkanes of at least 4 members (excludes halogenated alkanes) is 1. The predicted octanol–water partition coefficient (Wildman–Crippen LogP) is 2.70. The van der Waals surface area contributed by atoms with Gasteiger partial charge in [0, 0.05) is 36.9 Å². The van der Waals surface area contributed by atoms with Gasteiger partial charge >= 0.3 is 11.7 Å². The molecule has 1 aromatic carbocycles. The molecule has 0 atom stereocenters. The van der Waals surface area contributed by atoms with Gasteiger partial charge in [0.05, 0.1) is 12.7 Å². The molecule has 0 bridgehead atoms. The Kier molecular flexibility index (Phi) is 6.45. The maximum absolute atomic E-state index is 13.7. The Balaban J connectivity index is 1.63. The van der Waals surface area contributed by atoms with Gasteiger partial charge in [0.1, 0.15) is 5.56 Å². The molecular weight excluding hydrogens is 474 g/mol. The molecule has 0 unspecified atom stereocenters. The van der Waals surface area contributed by atoms with Crippen LogP contribution in [0.25, 0.3) is 28.3 Å². The molecule has 5 rings (SSSR count). The van der Waals surface area contributed by atoms with Crippen molar-refractivity contribution in [2.75, 3.05) is 0 Å². The Morgan fingerprint density at radius 1 is 1.11 bits per heavy atom. The van der Waals surface area contributed by atoms with Crippen molar-refractivity contribution >= 4 is 5.97 Å². The fourth-order valence-electron chi connectivity index (χ4n) is 4.45. The van der Waals surface area contributed by atoms with Crippen molar-refractivity contribution in [1.82, 2.24) is 44.5 Å². The van der Waals surface area contributed by atoms with E-state index in [0.29, 0.717) is 12.2 Å². The van der Waals surface area contributed by atoms with Gasteiger partial charge in [-0.25, -0.2) is 9.59 Å². The number of pyridine rings is 1. The van der Waals surface area contributed by atoms with Crippen LogP contribution in [0.2, 0.25) is 0 Å². The first-order valence-corrected chi connectivity index (χ1v) is 11.8. The Morgan fingerprint density at radius 2 is 1.92 bits per heavy atom. The minimum Gasteiger partial charge on any atom is -0.477 e. The van der Waals surface area contributed by atoms with Crippen molar-refractivity contribution in [2.24, 2.45) is 7.05 Å². The molecule has 37 heavy (non-hydrogen) atoms. The van der Waals surface area contributed by atoms with E-state index < -0.39 is 5.97 Å². The highest BCUT2D eigenvalue weighted by Crippen LogP contribution is 2.32. The van der Waals surface area contributed by atoms with Gasteiger partial charge in [0.15, 0.2) is 5.82 Å². The van der Waals surface area contributed by atoms with E-state index in [1.54, 1.807) is 30.2 Å². The van der Waals surface area contributed by atoms with Crippen LogP contribution in [-0.4, -0.2) is 55.6 Å². The highest BCUT2D eigenvalue weighted by Gasteiger charge is 2.22. The third-order valence-corrected chi connectivity index (χ3v) is 6.25. The number of nitrogens with one attached hydrogen (secondary N) is 1. The molecule has 188 valence electrons. The molecule has 0 aliphatic carbocycles. The molecule has 0 radical (unpaired) electrons. The monoisotopic (exact) mass is 499 g/mol. The van der Waals surface area contributed by atoms with Crippen LogP contribution in [0.4, 0.5) is 0 Å². The van der Waals surface area contributed by atoms with Crippen LogP contribution >= 0.6 is 0 Å². The summed E-state index contributed by atoms with van der Waals surface area (Å²) in [6, 6.07) is 9.60. The van der Waals surface area contributed by atoms with E-state index >= 15 is 0 Å². The summed E-state index contributed by atoms with van der Waals surface area (Å²) >= 11 is 0. The van der Waals surface area contributed by atoms with Gasteiger partial charge in [0.2, 0.25) is 5.82 Å². The number of nitrogens with zero attached hydrogens (tertiary/aromatic N) is 8. The number of hydrogen-bond donors (Lipinski definition) is 2. The van der Waals surface area contributed by atoms with E-state index in [-0.39, 0.29) is 23.6 Å². The fourth-order valence-corrected chi connectivity index (χ4v) is 4.45. The largest absolute Gasteiger partial charge is 0.477 e. The lowest BCUT2D eigenvalue weighted by Crippen LogP contribution is -2.27. The van der Waals surface area contributed by atoms with Crippen LogP contribution in [0.1, 0.15) is 41.4 Å². The molecule has 0 aliphatic rings. The summed E-state index contributed by atoms with van der Waals surface area (Å²) in [7, 11) is 1.62. The molecule has 0 spiro atoms. The number of aromatic amines is 1. The molecular formula is C25H25N9O3. The van der Waals surface area contributed by atoms with Gasteiger partial charge in [-0.05, 0) is 40.8 Å². The molecule has 0 amide bonds. The SMILES string of the molecule is CCCCc1cn(-c2c(C(=O)O)cnn2C)c(=O)n1Cc1cnccc1-c1ccccc1-c1nn[nH]n1. The molecule has 12 heteroatoms. The third kappa shape index (κ3) is 4.44. The van der Waals surface area contributed by atoms with E-state index in [2.05, 4.69) is 37.6 Å². The number of rotatable bonds is 9. The van der Waals surface area contributed by atoms with E-state index in [0.717, 1.165) is 40.8 Å². The number of carboxylic acids is 1. The van der Waals surface area contributed by atoms with Gasteiger partial charge in [-0.15, -0.1) is 10.2 Å². The number of imidazole rings is 1. The summed E-state index contributed by atoms with van der Waals surface area (Å²) < 4.78 is 4.44. The fraction of sp³-hybridized carbons (Fsp3) is 0.240. The normalized spacial score (nSPS) is 11.2. The van der Waals surface area contributed by atoms with Crippen molar-refractivity contribution in [2.45, 2.75) is 32.7 Å². The zero-order chi connectivity index (χ0) is 25.9. The topological polar surface area (TPSA) is 149 Å². The van der Waals surface area contributed by atoms with Crippen molar-refractivity contribution in [1.29, 1.82) is 0 Å². The van der Waals surface area contributed by atoms with Crippen LogP contribution < -0.4 is 5.69 Å². The Morgan fingerprint density at radius 3 is 2.65 bits per heavy atom. The average molecular weight is 500 g/mol. The van der Waals surface area contributed by atoms with E-state index in [4.69, 9.17) is 0 Å². The second kappa shape index (κ2) is 10.0. The van der Waals surface area contributed by atoms with Crippen LogP contribution in [-0.2, 0) is 20.0 Å². The second-order valence-electron chi connectivity index (χ2n) is 8.59. The molecule has 2 N–H and O–H groups in total. The molecule has 4 aromatic heterocycles. The number of aromatic carboxylic acids is 1. The lowest BCUT2D eigenvalue weighted by atomic mass is 9.96. The first kappa shape index (κ1) is 23.9. The number of H-pyrrole nitrogens is 1. The summed E-state index contributed by atoms with van der Waals surface area (Å²) in [5.41, 5.74) is 3.77.